The first kappa shape index (κ1) is 14.0. The summed E-state index contributed by atoms with van der Waals surface area (Å²) in [5.41, 5.74) is -0.602. The predicted octanol–water partition coefficient (Wildman–Crippen LogP) is -1.43. The highest BCUT2D eigenvalue weighted by Gasteiger charge is 2.37. The van der Waals surface area contributed by atoms with Crippen molar-refractivity contribution in [1.29, 1.82) is 5.41 Å². The highest BCUT2D eigenvalue weighted by molar-refractivity contribution is 7.91. The van der Waals surface area contributed by atoms with Crippen molar-refractivity contribution in [2.45, 2.75) is 19.4 Å². The van der Waals surface area contributed by atoms with Crippen molar-refractivity contribution in [1.82, 2.24) is 5.27 Å². The van der Waals surface area contributed by atoms with Crippen LogP contribution in [-0.4, -0.2) is 32.0 Å². The molecule has 17 heavy (non-hydrogen) atoms. The van der Waals surface area contributed by atoms with E-state index in [1.807, 2.05) is 13.8 Å². The van der Waals surface area contributed by atoms with Crippen LogP contribution in [0.3, 0.4) is 0 Å². The molecule has 98 valence electrons. The molecule has 0 unspecified atom stereocenters. The zero-order chi connectivity index (χ0) is 12.0. The Morgan fingerprint density at radius 2 is 2.24 bits per heavy atom. The lowest BCUT2D eigenvalue weighted by Crippen LogP contribution is -2.73. The summed E-state index contributed by atoms with van der Waals surface area (Å²) in [6, 6.07) is 0. The highest BCUT2D eigenvalue weighted by Crippen LogP contribution is 2.17. The summed E-state index contributed by atoms with van der Waals surface area (Å²) in [4.78, 5) is 1.40. The monoisotopic (exact) mass is 282 g/mol. The maximum atomic E-state index is 11.5. The molecule has 1 aliphatic rings. The molecule has 0 atom stereocenters. The molecule has 0 aliphatic carbocycles. The summed E-state index contributed by atoms with van der Waals surface area (Å²) < 4.78 is 27.7. The number of halogens is 1. The molecule has 0 aromatic carbocycles. The Bertz CT molecular complexity index is 547. The molecule has 0 saturated carbocycles. The van der Waals surface area contributed by atoms with Crippen molar-refractivity contribution < 1.29 is 17.7 Å². The second-order valence-corrected chi connectivity index (χ2v) is 6.70. The summed E-state index contributed by atoms with van der Waals surface area (Å²) in [5, 5.41) is 12.7. The van der Waals surface area contributed by atoms with Crippen molar-refractivity contribution in [2.24, 2.45) is 0 Å². The van der Waals surface area contributed by atoms with E-state index < -0.39 is 15.4 Å². The van der Waals surface area contributed by atoms with Gasteiger partial charge in [-0.2, -0.15) is 0 Å². The van der Waals surface area contributed by atoms with Crippen LogP contribution in [0, 0.1) is 5.41 Å². The lowest BCUT2D eigenvalue weighted by molar-refractivity contribution is -0.770. The number of sulfone groups is 1. The molecule has 1 fully saturated rings. The first-order chi connectivity index (χ1) is 7.30. The third-order valence-corrected chi connectivity index (χ3v) is 4.54. The van der Waals surface area contributed by atoms with Crippen molar-refractivity contribution >= 4 is 22.2 Å². The largest absolute Gasteiger partial charge is 0.380 e. The zero-order valence-corrected chi connectivity index (χ0v) is 11.2. The molecule has 0 radical (unpaired) electrons. The van der Waals surface area contributed by atoms with Crippen LogP contribution in [-0.2, 0) is 9.84 Å². The molecule has 1 saturated heterocycles. The van der Waals surface area contributed by atoms with Crippen LogP contribution in [0.5, 0.6) is 0 Å². The smallest absolute Gasteiger partial charge is 0.286 e. The highest BCUT2D eigenvalue weighted by atomic mass is 35.5. The fourth-order valence-electron chi connectivity index (χ4n) is 1.94. The Hall–Kier alpha value is -1.02. The SMILES string of the molecule is CC1(C)CS(=O)(=O)CCN1[n+]1cc(=N)o[n-]1.Cl. The fraction of sp³-hybridized carbons (Fsp3) is 0.750. The molecule has 1 aliphatic heterocycles. The minimum Gasteiger partial charge on any atom is -0.380 e. The predicted molar refractivity (Wildman–Crippen MR) is 61.1 cm³/mol. The average molecular weight is 283 g/mol. The molecular formula is C8H15ClN4O3S. The number of hydrogen-bond donors (Lipinski definition) is 1. The summed E-state index contributed by atoms with van der Waals surface area (Å²) in [7, 11) is -2.98. The topological polar surface area (TPSA) is 92.4 Å². The van der Waals surface area contributed by atoms with Gasteiger partial charge in [0.05, 0.1) is 11.5 Å². The van der Waals surface area contributed by atoms with Gasteiger partial charge in [0.25, 0.3) is 11.8 Å². The van der Waals surface area contributed by atoms with E-state index in [1.165, 1.54) is 11.0 Å². The van der Waals surface area contributed by atoms with E-state index in [0.717, 1.165) is 0 Å². The number of aromatic nitrogens is 2. The van der Waals surface area contributed by atoms with Crippen LogP contribution < -0.4 is 20.6 Å². The maximum Gasteiger partial charge on any atom is 0.286 e. The molecule has 1 aromatic heterocycles. The van der Waals surface area contributed by atoms with Gasteiger partial charge in [-0.3, -0.25) is 10.4 Å². The minimum atomic E-state index is -2.98. The van der Waals surface area contributed by atoms with E-state index >= 15 is 0 Å². The van der Waals surface area contributed by atoms with Gasteiger partial charge in [-0.25, -0.2) is 8.42 Å². The third kappa shape index (κ3) is 2.81. The number of nitrogens with one attached hydrogen (secondary N) is 1. The Kier molecular flexibility index (Phi) is 3.58. The van der Waals surface area contributed by atoms with E-state index in [4.69, 9.17) is 5.41 Å². The first-order valence-corrected chi connectivity index (χ1v) is 6.71. The molecule has 0 spiro atoms. The normalized spacial score (nSPS) is 21.9. The Balaban J connectivity index is 0.00000144. The molecule has 2 rings (SSSR count). The second kappa shape index (κ2) is 4.34. The minimum absolute atomic E-state index is 0. The van der Waals surface area contributed by atoms with Gasteiger partial charge in [0.2, 0.25) is 0 Å². The van der Waals surface area contributed by atoms with Crippen LogP contribution in [0.25, 0.3) is 0 Å². The zero-order valence-electron chi connectivity index (χ0n) is 9.58. The van der Waals surface area contributed by atoms with E-state index in [2.05, 4.69) is 9.79 Å². The number of nitrogens with zero attached hydrogens (tertiary/aromatic N) is 3. The van der Waals surface area contributed by atoms with E-state index in [-0.39, 0.29) is 29.5 Å². The number of rotatable bonds is 1. The average Bonchev–Trinajstić information content (AvgIpc) is 2.47. The number of hydrogen-bond acceptors (Lipinski definition) is 5. The van der Waals surface area contributed by atoms with E-state index in [1.54, 1.807) is 5.01 Å². The van der Waals surface area contributed by atoms with Gasteiger partial charge in [-0.15, -0.1) is 12.4 Å². The molecule has 0 amide bonds. The lowest BCUT2D eigenvalue weighted by Gasteiger charge is -2.42. The van der Waals surface area contributed by atoms with Crippen molar-refractivity contribution in [3.63, 3.8) is 0 Å². The van der Waals surface area contributed by atoms with Gasteiger partial charge in [0.1, 0.15) is 0 Å². The summed E-state index contributed by atoms with van der Waals surface area (Å²) >= 11 is 0. The molecule has 9 heteroatoms. The summed E-state index contributed by atoms with van der Waals surface area (Å²) in [5.74, 6) is 0.177. The fourth-order valence-corrected chi connectivity index (χ4v) is 3.77. The van der Waals surface area contributed by atoms with Crippen LogP contribution in [0.4, 0.5) is 0 Å². The van der Waals surface area contributed by atoms with Gasteiger partial charge in [-0.05, 0) is 5.27 Å². The van der Waals surface area contributed by atoms with Crippen molar-refractivity contribution in [2.75, 3.05) is 23.1 Å². The Morgan fingerprint density at radius 1 is 1.59 bits per heavy atom. The molecular weight excluding hydrogens is 268 g/mol. The lowest BCUT2D eigenvalue weighted by atomic mass is 10.1. The maximum absolute atomic E-state index is 11.5. The molecule has 0 bridgehead atoms. The summed E-state index contributed by atoms with van der Waals surface area (Å²) in [6.45, 7) is 4.01. The standard InChI is InChI=1S/C8H14N4O3S.ClH/c1-8(2)6-16(13,14)4-3-11(8)12-5-7(9)15-10-12;/h5,9H,3-4,6H2,1-2H3;1H. The van der Waals surface area contributed by atoms with Gasteiger partial charge in [0.15, 0.2) is 9.84 Å². The molecule has 2 heterocycles. The van der Waals surface area contributed by atoms with Crippen molar-refractivity contribution in [3.8, 4) is 0 Å². The molecule has 1 aromatic rings. The van der Waals surface area contributed by atoms with Crippen molar-refractivity contribution in [3.05, 3.63) is 11.8 Å². The Morgan fingerprint density at radius 3 is 2.71 bits per heavy atom. The van der Waals surface area contributed by atoms with Gasteiger partial charge in [0, 0.05) is 12.1 Å². The molecule has 7 nitrogen and oxygen atoms in total. The Labute approximate surface area is 105 Å². The quantitative estimate of drug-likeness (QED) is 0.638. The van der Waals surface area contributed by atoms with Gasteiger partial charge >= 0.3 is 0 Å². The van der Waals surface area contributed by atoms with Crippen LogP contribution in [0.15, 0.2) is 10.7 Å². The molecule has 1 N–H and O–H groups in total. The first-order valence-electron chi connectivity index (χ1n) is 4.89. The van der Waals surface area contributed by atoms with E-state index in [9.17, 15) is 8.42 Å². The van der Waals surface area contributed by atoms with Crippen LogP contribution >= 0.6 is 12.4 Å². The summed E-state index contributed by atoms with van der Waals surface area (Å²) in [6.07, 6.45) is 1.42. The van der Waals surface area contributed by atoms with E-state index in [0.29, 0.717) is 6.54 Å². The van der Waals surface area contributed by atoms with Gasteiger partial charge in [-0.1, -0.05) is 18.6 Å². The third-order valence-electron chi connectivity index (χ3n) is 2.59. The van der Waals surface area contributed by atoms with Crippen LogP contribution in [0.1, 0.15) is 13.8 Å². The van der Waals surface area contributed by atoms with Gasteiger partial charge < -0.3 is 4.52 Å². The van der Waals surface area contributed by atoms with Crippen LogP contribution in [0.2, 0.25) is 0 Å². The second-order valence-electron chi connectivity index (χ2n) is 4.51.